The molecule has 1 atom stereocenters. The summed E-state index contributed by atoms with van der Waals surface area (Å²) < 4.78 is 0. The minimum Gasteiger partial charge on any atom is -0.396 e. The third kappa shape index (κ3) is 6.12. The number of nitrogens with one attached hydrogen (secondary N) is 1. The first kappa shape index (κ1) is 15.1. The molecule has 2 N–H and O–H groups in total. The second-order valence-electron chi connectivity index (χ2n) is 4.55. The van der Waals surface area contributed by atoms with Crippen LogP contribution in [-0.2, 0) is 11.2 Å². The minimum absolute atomic E-state index is 0.0902. The maximum atomic E-state index is 11.6. The van der Waals surface area contributed by atoms with E-state index in [4.69, 9.17) is 5.11 Å². The molecule has 0 saturated heterocycles. The number of carbonyl (C=O) groups excluding carboxylic acids is 1. The first-order valence-electron chi connectivity index (χ1n) is 6.43. The lowest BCUT2D eigenvalue weighted by Gasteiger charge is -2.12. The molecule has 1 aromatic rings. The Morgan fingerprint density at radius 1 is 1.56 bits per heavy atom. The van der Waals surface area contributed by atoms with Gasteiger partial charge in [0.15, 0.2) is 0 Å². The Labute approximate surface area is 112 Å². The molecule has 0 bridgehead atoms. The van der Waals surface area contributed by atoms with E-state index in [1.54, 1.807) is 11.3 Å². The van der Waals surface area contributed by atoms with E-state index >= 15 is 0 Å². The maximum Gasteiger partial charge on any atom is 0.220 e. The monoisotopic (exact) mass is 270 g/mol. The Bertz CT molecular complexity index is 366. The van der Waals surface area contributed by atoms with E-state index in [1.165, 1.54) is 0 Å². The van der Waals surface area contributed by atoms with Crippen molar-refractivity contribution in [2.24, 2.45) is 0 Å². The van der Waals surface area contributed by atoms with Crippen molar-refractivity contribution in [1.82, 2.24) is 10.3 Å². The van der Waals surface area contributed by atoms with Gasteiger partial charge in [-0.25, -0.2) is 4.98 Å². The van der Waals surface area contributed by atoms with Crippen LogP contribution in [0.2, 0.25) is 0 Å². The number of aromatic nitrogens is 1. The van der Waals surface area contributed by atoms with Crippen molar-refractivity contribution < 1.29 is 9.90 Å². The third-order valence-corrected chi connectivity index (χ3v) is 3.53. The van der Waals surface area contributed by atoms with Crippen LogP contribution in [0.15, 0.2) is 5.38 Å². The van der Waals surface area contributed by atoms with Crippen molar-refractivity contribution in [3.8, 4) is 0 Å². The number of aliphatic hydroxyl groups excluding tert-OH is 1. The molecule has 0 saturated carbocycles. The van der Waals surface area contributed by atoms with Crippen LogP contribution in [0.25, 0.3) is 0 Å². The second-order valence-corrected chi connectivity index (χ2v) is 5.61. The normalized spacial score (nSPS) is 12.4. The van der Waals surface area contributed by atoms with E-state index in [0.717, 1.165) is 36.4 Å². The van der Waals surface area contributed by atoms with Crippen LogP contribution in [0.4, 0.5) is 0 Å². The Kier molecular flexibility index (Phi) is 6.90. The highest BCUT2D eigenvalue weighted by atomic mass is 32.1. The fourth-order valence-electron chi connectivity index (χ4n) is 1.77. The van der Waals surface area contributed by atoms with Gasteiger partial charge < -0.3 is 10.4 Å². The van der Waals surface area contributed by atoms with Crippen molar-refractivity contribution in [2.75, 3.05) is 6.61 Å². The number of amides is 1. The summed E-state index contributed by atoms with van der Waals surface area (Å²) in [6.45, 7) is 4.14. The van der Waals surface area contributed by atoms with Crippen LogP contribution in [0.3, 0.4) is 0 Å². The molecular formula is C13H22N2O2S. The van der Waals surface area contributed by atoms with Crippen LogP contribution < -0.4 is 5.32 Å². The lowest BCUT2D eigenvalue weighted by Crippen LogP contribution is -2.32. The van der Waals surface area contributed by atoms with Crippen molar-refractivity contribution >= 4 is 17.2 Å². The molecule has 0 radical (unpaired) electrons. The molecule has 1 rings (SSSR count). The van der Waals surface area contributed by atoms with Gasteiger partial charge in [0.1, 0.15) is 0 Å². The van der Waals surface area contributed by atoms with Crippen molar-refractivity contribution in [3.05, 3.63) is 16.1 Å². The van der Waals surface area contributed by atoms with Crippen LogP contribution in [0, 0.1) is 6.92 Å². The summed E-state index contributed by atoms with van der Waals surface area (Å²) in [6, 6.07) is 0.145. The van der Waals surface area contributed by atoms with Gasteiger partial charge in [0.25, 0.3) is 0 Å². The molecule has 1 aromatic heterocycles. The summed E-state index contributed by atoms with van der Waals surface area (Å²) in [4.78, 5) is 16.0. The molecule has 1 heterocycles. The number of aliphatic hydroxyl groups is 1. The molecule has 0 aliphatic heterocycles. The summed E-state index contributed by atoms with van der Waals surface area (Å²) in [6.07, 6.45) is 3.80. The molecular weight excluding hydrogens is 248 g/mol. The summed E-state index contributed by atoms with van der Waals surface area (Å²) in [5.41, 5.74) is 1.08. The number of hydrogen-bond donors (Lipinski definition) is 2. The number of carbonyl (C=O) groups is 1. The topological polar surface area (TPSA) is 62.2 Å². The van der Waals surface area contributed by atoms with Crippen LogP contribution in [0.1, 0.15) is 43.3 Å². The Morgan fingerprint density at radius 2 is 2.33 bits per heavy atom. The van der Waals surface area contributed by atoms with Crippen molar-refractivity contribution in [3.63, 3.8) is 0 Å². The Balaban J connectivity index is 2.13. The van der Waals surface area contributed by atoms with Crippen LogP contribution in [-0.4, -0.2) is 28.6 Å². The SMILES string of the molecule is Cc1nc(CCCC(=O)NC(C)CCCO)cs1. The van der Waals surface area contributed by atoms with E-state index in [-0.39, 0.29) is 18.6 Å². The quantitative estimate of drug-likeness (QED) is 0.760. The van der Waals surface area contributed by atoms with Crippen molar-refractivity contribution in [2.45, 2.75) is 52.0 Å². The van der Waals surface area contributed by atoms with Gasteiger partial charge in [-0.15, -0.1) is 11.3 Å². The van der Waals surface area contributed by atoms with Gasteiger partial charge in [-0.3, -0.25) is 4.79 Å². The van der Waals surface area contributed by atoms with Crippen molar-refractivity contribution in [1.29, 1.82) is 0 Å². The number of thiazole rings is 1. The second kappa shape index (κ2) is 8.21. The molecule has 18 heavy (non-hydrogen) atoms. The first-order valence-corrected chi connectivity index (χ1v) is 7.31. The smallest absolute Gasteiger partial charge is 0.220 e. The van der Waals surface area contributed by atoms with E-state index in [0.29, 0.717) is 6.42 Å². The highest BCUT2D eigenvalue weighted by molar-refractivity contribution is 7.09. The molecule has 1 unspecified atom stereocenters. The fraction of sp³-hybridized carbons (Fsp3) is 0.692. The summed E-state index contributed by atoms with van der Waals surface area (Å²) in [5.74, 6) is 0.0902. The molecule has 4 nitrogen and oxygen atoms in total. The summed E-state index contributed by atoms with van der Waals surface area (Å²) >= 11 is 1.65. The molecule has 0 fully saturated rings. The predicted molar refractivity (Wildman–Crippen MR) is 73.7 cm³/mol. The van der Waals surface area contributed by atoms with Gasteiger partial charge in [-0.05, 0) is 39.5 Å². The number of aryl methyl sites for hydroxylation is 2. The van der Waals surface area contributed by atoms with Gasteiger partial charge in [0.05, 0.1) is 10.7 Å². The van der Waals surface area contributed by atoms with E-state index in [9.17, 15) is 4.79 Å². The molecule has 0 aliphatic carbocycles. The minimum atomic E-state index is 0.0902. The summed E-state index contributed by atoms with van der Waals surface area (Å²) in [5, 5.41) is 14.8. The van der Waals surface area contributed by atoms with Gasteiger partial charge in [-0.1, -0.05) is 0 Å². The largest absolute Gasteiger partial charge is 0.396 e. The molecule has 1 amide bonds. The average Bonchev–Trinajstić information content (AvgIpc) is 2.72. The third-order valence-electron chi connectivity index (χ3n) is 2.71. The number of nitrogens with zero attached hydrogens (tertiary/aromatic N) is 1. The van der Waals surface area contributed by atoms with E-state index in [1.807, 2.05) is 13.8 Å². The van der Waals surface area contributed by atoms with Crippen LogP contribution in [0.5, 0.6) is 0 Å². The summed E-state index contributed by atoms with van der Waals surface area (Å²) in [7, 11) is 0. The molecule has 0 aromatic carbocycles. The Morgan fingerprint density at radius 3 is 2.94 bits per heavy atom. The average molecular weight is 270 g/mol. The highest BCUT2D eigenvalue weighted by Crippen LogP contribution is 2.10. The highest BCUT2D eigenvalue weighted by Gasteiger charge is 2.07. The lowest BCUT2D eigenvalue weighted by atomic mass is 10.1. The van der Waals surface area contributed by atoms with Gasteiger partial charge >= 0.3 is 0 Å². The van der Waals surface area contributed by atoms with Crippen LogP contribution >= 0.6 is 11.3 Å². The zero-order valence-corrected chi connectivity index (χ0v) is 11.9. The lowest BCUT2D eigenvalue weighted by molar-refractivity contribution is -0.121. The molecule has 0 spiro atoms. The van der Waals surface area contributed by atoms with Gasteiger partial charge in [-0.2, -0.15) is 0 Å². The zero-order chi connectivity index (χ0) is 13.4. The number of rotatable bonds is 8. The predicted octanol–water partition coefficient (Wildman–Crippen LogP) is 2.05. The standard InChI is InChI=1S/C13H22N2O2S/c1-10(5-4-8-16)14-13(17)7-3-6-12-9-18-11(2)15-12/h9-10,16H,3-8H2,1-2H3,(H,14,17). The van der Waals surface area contributed by atoms with Gasteiger partial charge in [0.2, 0.25) is 5.91 Å². The molecule has 102 valence electrons. The van der Waals surface area contributed by atoms with E-state index in [2.05, 4.69) is 15.7 Å². The maximum absolute atomic E-state index is 11.6. The van der Waals surface area contributed by atoms with Gasteiger partial charge in [0, 0.05) is 24.4 Å². The number of hydrogen-bond acceptors (Lipinski definition) is 4. The molecule has 0 aliphatic rings. The zero-order valence-electron chi connectivity index (χ0n) is 11.1. The fourth-order valence-corrected chi connectivity index (χ4v) is 2.42. The molecule has 5 heteroatoms. The first-order chi connectivity index (χ1) is 8.61. The van der Waals surface area contributed by atoms with E-state index < -0.39 is 0 Å². The Hall–Kier alpha value is -0.940.